The Morgan fingerprint density at radius 1 is 1.18 bits per heavy atom. The maximum Gasteiger partial charge on any atom is 0.164 e. The SMILES string of the molecule is CCOC1(C(=O)CC2CC2)CCC(C)(C)CC1. The zero-order valence-corrected chi connectivity index (χ0v) is 11.6. The molecule has 0 aromatic heterocycles. The van der Waals surface area contributed by atoms with E-state index in [0.29, 0.717) is 23.7 Å². The Bertz CT molecular complexity index is 279. The smallest absolute Gasteiger partial charge is 0.164 e. The third-order valence-corrected chi connectivity index (χ3v) is 4.51. The minimum absolute atomic E-state index is 0.386. The molecule has 17 heavy (non-hydrogen) atoms. The van der Waals surface area contributed by atoms with Gasteiger partial charge >= 0.3 is 0 Å². The highest BCUT2D eigenvalue weighted by atomic mass is 16.5. The summed E-state index contributed by atoms with van der Waals surface area (Å²) in [7, 11) is 0. The fraction of sp³-hybridized carbons (Fsp3) is 0.933. The van der Waals surface area contributed by atoms with Crippen LogP contribution in [0.2, 0.25) is 0 Å². The Hall–Kier alpha value is -0.370. The van der Waals surface area contributed by atoms with Crippen LogP contribution in [0, 0.1) is 11.3 Å². The first-order chi connectivity index (χ1) is 7.97. The average Bonchev–Trinajstić information content (AvgIpc) is 3.06. The lowest BCUT2D eigenvalue weighted by molar-refractivity contribution is -0.152. The minimum atomic E-state index is -0.424. The molecule has 0 radical (unpaired) electrons. The molecule has 0 bridgehead atoms. The van der Waals surface area contributed by atoms with E-state index in [4.69, 9.17) is 4.74 Å². The van der Waals surface area contributed by atoms with Gasteiger partial charge in [-0.05, 0) is 56.8 Å². The first-order valence-corrected chi connectivity index (χ1v) is 7.15. The third-order valence-electron chi connectivity index (χ3n) is 4.51. The van der Waals surface area contributed by atoms with Gasteiger partial charge in [-0.15, -0.1) is 0 Å². The molecule has 0 aromatic carbocycles. The van der Waals surface area contributed by atoms with E-state index in [1.165, 1.54) is 12.8 Å². The molecule has 2 heteroatoms. The molecule has 0 spiro atoms. The lowest BCUT2D eigenvalue weighted by atomic mass is 9.69. The summed E-state index contributed by atoms with van der Waals surface area (Å²) >= 11 is 0. The number of ether oxygens (including phenoxy) is 1. The van der Waals surface area contributed by atoms with Crippen LogP contribution in [-0.2, 0) is 9.53 Å². The van der Waals surface area contributed by atoms with Gasteiger partial charge in [-0.1, -0.05) is 13.8 Å². The lowest BCUT2D eigenvalue weighted by Gasteiger charge is -2.42. The second-order valence-corrected chi connectivity index (χ2v) is 6.66. The standard InChI is InChI=1S/C15H26O2/c1-4-17-15(13(16)11-12-5-6-12)9-7-14(2,3)8-10-15/h12H,4-11H2,1-3H3. The van der Waals surface area contributed by atoms with Crippen LogP contribution in [-0.4, -0.2) is 18.0 Å². The highest BCUT2D eigenvalue weighted by molar-refractivity contribution is 5.87. The van der Waals surface area contributed by atoms with Crippen LogP contribution in [0.25, 0.3) is 0 Å². The molecule has 0 atom stereocenters. The highest BCUT2D eigenvalue weighted by Gasteiger charge is 2.45. The summed E-state index contributed by atoms with van der Waals surface area (Å²) < 4.78 is 5.90. The summed E-state index contributed by atoms with van der Waals surface area (Å²) in [4.78, 5) is 12.4. The second kappa shape index (κ2) is 4.72. The van der Waals surface area contributed by atoms with E-state index in [-0.39, 0.29) is 0 Å². The lowest BCUT2D eigenvalue weighted by Crippen LogP contribution is -2.46. The Labute approximate surface area is 105 Å². The number of rotatable bonds is 5. The zero-order chi connectivity index (χ0) is 12.5. The number of carbonyl (C=O) groups excluding carboxylic acids is 1. The van der Waals surface area contributed by atoms with Gasteiger partial charge in [0.1, 0.15) is 5.60 Å². The molecule has 0 unspecified atom stereocenters. The third kappa shape index (κ3) is 3.09. The van der Waals surface area contributed by atoms with E-state index in [1.807, 2.05) is 6.92 Å². The summed E-state index contributed by atoms with van der Waals surface area (Å²) in [6, 6.07) is 0. The van der Waals surface area contributed by atoms with Crippen molar-refractivity contribution < 1.29 is 9.53 Å². The Morgan fingerprint density at radius 2 is 1.76 bits per heavy atom. The fourth-order valence-electron chi connectivity index (χ4n) is 2.88. The van der Waals surface area contributed by atoms with Crippen molar-refractivity contribution in [3.63, 3.8) is 0 Å². The number of ketones is 1. The molecule has 2 aliphatic rings. The Morgan fingerprint density at radius 3 is 2.24 bits per heavy atom. The number of hydrogen-bond acceptors (Lipinski definition) is 2. The number of carbonyl (C=O) groups is 1. The van der Waals surface area contributed by atoms with E-state index in [1.54, 1.807) is 0 Å². The van der Waals surface area contributed by atoms with Crippen LogP contribution in [0.4, 0.5) is 0 Å². The largest absolute Gasteiger partial charge is 0.368 e. The van der Waals surface area contributed by atoms with E-state index in [0.717, 1.165) is 32.1 Å². The van der Waals surface area contributed by atoms with Gasteiger partial charge in [-0.3, -0.25) is 4.79 Å². The average molecular weight is 238 g/mol. The molecule has 0 N–H and O–H groups in total. The van der Waals surface area contributed by atoms with Gasteiger partial charge in [0.2, 0.25) is 0 Å². The molecule has 2 fully saturated rings. The summed E-state index contributed by atoms with van der Waals surface area (Å²) in [5, 5.41) is 0. The molecular formula is C15H26O2. The molecule has 2 rings (SSSR count). The number of Topliss-reactive ketones (excluding diaryl/α,β-unsaturated/α-hetero) is 1. The van der Waals surface area contributed by atoms with Crippen molar-refractivity contribution in [2.45, 2.75) is 71.3 Å². The normalized spacial score (nSPS) is 26.8. The predicted molar refractivity (Wildman–Crippen MR) is 69.0 cm³/mol. The number of hydrogen-bond donors (Lipinski definition) is 0. The highest BCUT2D eigenvalue weighted by Crippen LogP contribution is 2.44. The molecule has 2 aliphatic carbocycles. The van der Waals surface area contributed by atoms with Crippen LogP contribution >= 0.6 is 0 Å². The molecule has 0 heterocycles. The summed E-state index contributed by atoms with van der Waals surface area (Å²) in [5.74, 6) is 1.06. The van der Waals surface area contributed by atoms with Gasteiger partial charge in [-0.25, -0.2) is 0 Å². The molecule has 2 saturated carbocycles. The predicted octanol–water partition coefficient (Wildman–Crippen LogP) is 3.73. The van der Waals surface area contributed by atoms with Crippen LogP contribution in [0.15, 0.2) is 0 Å². The second-order valence-electron chi connectivity index (χ2n) is 6.66. The molecule has 0 amide bonds. The molecule has 2 nitrogen and oxygen atoms in total. The topological polar surface area (TPSA) is 26.3 Å². The minimum Gasteiger partial charge on any atom is -0.368 e. The Balaban J connectivity index is 2.01. The van der Waals surface area contributed by atoms with Crippen molar-refractivity contribution in [3.05, 3.63) is 0 Å². The molecule has 0 saturated heterocycles. The van der Waals surface area contributed by atoms with Crippen LogP contribution in [0.5, 0.6) is 0 Å². The Kier molecular flexibility index (Phi) is 3.63. The van der Waals surface area contributed by atoms with Crippen molar-refractivity contribution in [1.82, 2.24) is 0 Å². The molecule has 0 aliphatic heterocycles. The van der Waals surface area contributed by atoms with Crippen molar-refractivity contribution in [2.75, 3.05) is 6.61 Å². The van der Waals surface area contributed by atoms with Crippen LogP contribution in [0.1, 0.15) is 65.7 Å². The van der Waals surface area contributed by atoms with E-state index in [2.05, 4.69) is 13.8 Å². The van der Waals surface area contributed by atoms with Crippen molar-refractivity contribution in [1.29, 1.82) is 0 Å². The quantitative estimate of drug-likeness (QED) is 0.729. The summed E-state index contributed by atoms with van der Waals surface area (Å²) in [6.45, 7) is 7.27. The first-order valence-electron chi connectivity index (χ1n) is 7.15. The fourth-order valence-corrected chi connectivity index (χ4v) is 2.88. The molecular weight excluding hydrogens is 212 g/mol. The van der Waals surface area contributed by atoms with Gasteiger partial charge in [0, 0.05) is 13.0 Å². The van der Waals surface area contributed by atoms with E-state index >= 15 is 0 Å². The summed E-state index contributed by atoms with van der Waals surface area (Å²) in [6.07, 6.45) is 7.35. The van der Waals surface area contributed by atoms with E-state index < -0.39 is 5.60 Å². The summed E-state index contributed by atoms with van der Waals surface area (Å²) in [5.41, 5.74) is -0.0344. The maximum atomic E-state index is 12.4. The van der Waals surface area contributed by atoms with Gasteiger partial charge in [0.15, 0.2) is 5.78 Å². The monoisotopic (exact) mass is 238 g/mol. The van der Waals surface area contributed by atoms with E-state index in [9.17, 15) is 4.79 Å². The zero-order valence-electron chi connectivity index (χ0n) is 11.6. The van der Waals surface area contributed by atoms with Gasteiger partial charge in [0.05, 0.1) is 0 Å². The first kappa shape index (κ1) is 13.1. The van der Waals surface area contributed by atoms with Crippen molar-refractivity contribution in [3.8, 4) is 0 Å². The molecule has 0 aromatic rings. The van der Waals surface area contributed by atoms with Gasteiger partial charge < -0.3 is 4.74 Å². The van der Waals surface area contributed by atoms with Gasteiger partial charge in [0.25, 0.3) is 0 Å². The maximum absolute atomic E-state index is 12.4. The van der Waals surface area contributed by atoms with Gasteiger partial charge in [-0.2, -0.15) is 0 Å². The molecule has 98 valence electrons. The van der Waals surface area contributed by atoms with Crippen molar-refractivity contribution in [2.24, 2.45) is 11.3 Å². The van der Waals surface area contributed by atoms with Crippen LogP contribution in [0.3, 0.4) is 0 Å². The van der Waals surface area contributed by atoms with Crippen molar-refractivity contribution >= 4 is 5.78 Å². The van der Waals surface area contributed by atoms with Crippen LogP contribution < -0.4 is 0 Å².